The predicted molar refractivity (Wildman–Crippen MR) is 81.5 cm³/mol. The molecule has 1 N–H and O–H groups in total. The third-order valence-electron chi connectivity index (χ3n) is 3.28. The Labute approximate surface area is 125 Å². The Balaban J connectivity index is 2.37. The molecule has 108 valence electrons. The summed E-state index contributed by atoms with van der Waals surface area (Å²) in [6.07, 6.45) is 0. The lowest BCUT2D eigenvalue weighted by Gasteiger charge is -2.10. The molecule has 0 amide bonds. The molecule has 3 rings (SSSR count). The van der Waals surface area contributed by atoms with Crippen LogP contribution < -0.4 is 9.47 Å². The largest absolute Gasteiger partial charge is 0.495 e. The van der Waals surface area contributed by atoms with E-state index in [0.717, 1.165) is 11.2 Å². The number of hydrogen-bond acceptors (Lipinski definition) is 3. The quantitative estimate of drug-likeness (QED) is 0.747. The second-order valence-electron chi connectivity index (χ2n) is 4.44. The molecule has 4 nitrogen and oxygen atoms in total. The highest BCUT2D eigenvalue weighted by molar-refractivity contribution is 7.71. The third-order valence-corrected chi connectivity index (χ3v) is 3.57. The Morgan fingerprint density at radius 2 is 1.81 bits per heavy atom. The van der Waals surface area contributed by atoms with Crippen molar-refractivity contribution in [2.75, 3.05) is 14.2 Å². The Bertz CT molecular complexity index is 870. The highest BCUT2D eigenvalue weighted by Gasteiger charge is 2.14. The van der Waals surface area contributed by atoms with Gasteiger partial charge in [-0.15, -0.1) is 0 Å². The first-order valence-corrected chi connectivity index (χ1v) is 6.68. The van der Waals surface area contributed by atoms with Gasteiger partial charge in [-0.05, 0) is 24.4 Å². The number of benzene rings is 2. The lowest BCUT2D eigenvalue weighted by molar-refractivity contribution is 0.387. The molecular formula is C15H13FN2O2S. The number of halogens is 1. The van der Waals surface area contributed by atoms with Crippen LogP contribution in [0.2, 0.25) is 0 Å². The molecule has 0 spiro atoms. The molecule has 6 heteroatoms. The molecule has 0 aliphatic carbocycles. The van der Waals surface area contributed by atoms with Gasteiger partial charge in [0, 0.05) is 12.1 Å². The van der Waals surface area contributed by atoms with Crippen molar-refractivity contribution in [1.29, 1.82) is 0 Å². The molecule has 0 aliphatic rings. The molecule has 0 unspecified atom stereocenters. The van der Waals surface area contributed by atoms with Crippen LogP contribution in [0.1, 0.15) is 0 Å². The molecule has 2 aromatic carbocycles. The van der Waals surface area contributed by atoms with Crippen LogP contribution in [0.15, 0.2) is 36.4 Å². The first kappa shape index (κ1) is 13.6. The van der Waals surface area contributed by atoms with E-state index < -0.39 is 5.82 Å². The van der Waals surface area contributed by atoms with Crippen molar-refractivity contribution in [2.24, 2.45) is 0 Å². The number of hydrogen-bond donors (Lipinski definition) is 1. The van der Waals surface area contributed by atoms with Gasteiger partial charge in [-0.2, -0.15) is 0 Å². The lowest BCUT2D eigenvalue weighted by atomic mass is 10.2. The number of para-hydroxylation sites is 2. The monoisotopic (exact) mass is 304 g/mol. The third kappa shape index (κ3) is 2.17. The standard InChI is InChI=1S/C15H13FN2O2S/c1-19-13-6-4-3-5-11(13)18-12-8-14(20-2)9(16)7-10(12)17-15(18)21/h3-8H,1-2H3,(H,17,21). The van der Waals surface area contributed by atoms with Crippen molar-refractivity contribution in [1.82, 2.24) is 9.55 Å². The molecule has 0 bridgehead atoms. The SMILES string of the molecule is COc1cc2c(cc1F)[nH]c(=S)n2-c1ccccc1OC. The maximum absolute atomic E-state index is 13.8. The number of H-pyrrole nitrogens is 1. The van der Waals surface area contributed by atoms with Gasteiger partial charge in [-0.1, -0.05) is 12.1 Å². The molecule has 0 saturated heterocycles. The normalized spacial score (nSPS) is 10.8. The molecular weight excluding hydrogens is 291 g/mol. The maximum Gasteiger partial charge on any atom is 0.182 e. The van der Waals surface area contributed by atoms with Crippen LogP contribution in [-0.2, 0) is 0 Å². The highest BCUT2D eigenvalue weighted by Crippen LogP contribution is 2.30. The summed E-state index contributed by atoms with van der Waals surface area (Å²) in [5.74, 6) is 0.409. The second kappa shape index (κ2) is 5.21. The topological polar surface area (TPSA) is 39.2 Å². The Morgan fingerprint density at radius 3 is 2.52 bits per heavy atom. The molecule has 0 radical (unpaired) electrons. The minimum Gasteiger partial charge on any atom is -0.495 e. The van der Waals surface area contributed by atoms with Crippen molar-refractivity contribution >= 4 is 23.3 Å². The van der Waals surface area contributed by atoms with Crippen LogP contribution in [0, 0.1) is 10.6 Å². The van der Waals surface area contributed by atoms with Gasteiger partial charge in [0.15, 0.2) is 16.3 Å². The van der Waals surface area contributed by atoms with Gasteiger partial charge in [0.2, 0.25) is 0 Å². The molecule has 1 aromatic heterocycles. The fourth-order valence-electron chi connectivity index (χ4n) is 2.32. The van der Waals surface area contributed by atoms with Crippen molar-refractivity contribution in [2.45, 2.75) is 0 Å². The van der Waals surface area contributed by atoms with Gasteiger partial charge < -0.3 is 14.5 Å². The zero-order chi connectivity index (χ0) is 15.0. The smallest absolute Gasteiger partial charge is 0.182 e. The molecule has 1 heterocycles. The molecule has 0 aliphatic heterocycles. The van der Waals surface area contributed by atoms with E-state index in [0.29, 0.717) is 16.0 Å². The maximum atomic E-state index is 13.8. The Hall–Kier alpha value is -2.34. The first-order valence-electron chi connectivity index (χ1n) is 6.27. The number of rotatable bonds is 3. The molecule has 0 saturated carbocycles. The lowest BCUT2D eigenvalue weighted by Crippen LogP contribution is -1.98. The number of nitrogens with zero attached hydrogens (tertiary/aromatic N) is 1. The second-order valence-corrected chi connectivity index (χ2v) is 4.83. The Kier molecular flexibility index (Phi) is 3.39. The van der Waals surface area contributed by atoms with E-state index in [1.165, 1.54) is 13.2 Å². The number of imidazole rings is 1. The van der Waals surface area contributed by atoms with Crippen LogP contribution in [0.4, 0.5) is 4.39 Å². The first-order chi connectivity index (χ1) is 10.2. The number of nitrogens with one attached hydrogen (secondary N) is 1. The minimum atomic E-state index is -0.437. The van der Waals surface area contributed by atoms with Crippen molar-refractivity contribution in [3.8, 4) is 17.2 Å². The van der Waals surface area contributed by atoms with Gasteiger partial charge in [0.1, 0.15) is 5.75 Å². The van der Waals surface area contributed by atoms with Crippen LogP contribution in [-0.4, -0.2) is 23.8 Å². The summed E-state index contributed by atoms with van der Waals surface area (Å²) in [7, 11) is 3.02. The van der Waals surface area contributed by atoms with E-state index in [-0.39, 0.29) is 5.75 Å². The zero-order valence-electron chi connectivity index (χ0n) is 11.5. The van der Waals surface area contributed by atoms with E-state index in [9.17, 15) is 4.39 Å². The fraction of sp³-hybridized carbons (Fsp3) is 0.133. The van der Waals surface area contributed by atoms with Crippen molar-refractivity contribution < 1.29 is 13.9 Å². The summed E-state index contributed by atoms with van der Waals surface area (Å²) in [6, 6.07) is 10.5. The average molecular weight is 304 g/mol. The molecule has 21 heavy (non-hydrogen) atoms. The zero-order valence-corrected chi connectivity index (χ0v) is 12.3. The van der Waals surface area contributed by atoms with Crippen LogP contribution in [0.3, 0.4) is 0 Å². The van der Waals surface area contributed by atoms with Gasteiger partial charge in [-0.3, -0.25) is 4.57 Å². The summed E-state index contributed by atoms with van der Waals surface area (Å²) in [4.78, 5) is 3.00. The van der Waals surface area contributed by atoms with E-state index in [1.54, 1.807) is 17.7 Å². The predicted octanol–water partition coefficient (Wildman–Crippen LogP) is 3.84. The van der Waals surface area contributed by atoms with E-state index in [4.69, 9.17) is 21.7 Å². The highest BCUT2D eigenvalue weighted by atomic mass is 32.1. The summed E-state index contributed by atoms with van der Waals surface area (Å²) in [5.41, 5.74) is 2.11. The summed E-state index contributed by atoms with van der Waals surface area (Å²) < 4.78 is 26.5. The molecule has 0 atom stereocenters. The number of methoxy groups -OCH3 is 2. The average Bonchev–Trinajstić information content (AvgIpc) is 2.80. The van der Waals surface area contributed by atoms with Gasteiger partial charge in [-0.25, -0.2) is 4.39 Å². The Morgan fingerprint density at radius 1 is 1.10 bits per heavy atom. The fourth-order valence-corrected chi connectivity index (χ4v) is 2.63. The van der Waals surface area contributed by atoms with Crippen molar-refractivity contribution in [3.63, 3.8) is 0 Å². The number of fused-ring (bicyclic) bond motifs is 1. The van der Waals surface area contributed by atoms with Gasteiger partial charge in [0.25, 0.3) is 0 Å². The van der Waals surface area contributed by atoms with Gasteiger partial charge in [0.05, 0.1) is 30.9 Å². The minimum absolute atomic E-state index is 0.167. The number of aromatic amines is 1. The van der Waals surface area contributed by atoms with E-state index >= 15 is 0 Å². The van der Waals surface area contributed by atoms with Crippen LogP contribution in [0.5, 0.6) is 11.5 Å². The summed E-state index contributed by atoms with van der Waals surface area (Å²) >= 11 is 5.35. The molecule has 0 fully saturated rings. The number of ether oxygens (including phenoxy) is 2. The van der Waals surface area contributed by atoms with Crippen LogP contribution in [0.25, 0.3) is 16.7 Å². The summed E-state index contributed by atoms with van der Waals surface area (Å²) in [5, 5.41) is 0. The van der Waals surface area contributed by atoms with E-state index in [1.807, 2.05) is 24.3 Å². The van der Waals surface area contributed by atoms with Crippen LogP contribution >= 0.6 is 12.2 Å². The summed E-state index contributed by atoms with van der Waals surface area (Å²) in [6.45, 7) is 0. The number of aromatic nitrogens is 2. The molecule has 3 aromatic rings. The van der Waals surface area contributed by atoms with Gasteiger partial charge >= 0.3 is 0 Å². The van der Waals surface area contributed by atoms with Crippen molar-refractivity contribution in [3.05, 3.63) is 47.0 Å². The van der Waals surface area contributed by atoms with E-state index in [2.05, 4.69) is 4.98 Å².